The SMILES string of the molecule is CCn1nc2c(c1-c1ccc(F)cc1)CCNCC2. The molecular formula is C15H18FN3. The quantitative estimate of drug-likeness (QED) is 0.897. The van der Waals surface area contributed by atoms with Gasteiger partial charge in [-0.3, -0.25) is 4.68 Å². The molecule has 0 radical (unpaired) electrons. The lowest BCUT2D eigenvalue weighted by Gasteiger charge is -2.08. The predicted molar refractivity (Wildman–Crippen MR) is 73.6 cm³/mol. The number of hydrogen-bond donors (Lipinski definition) is 1. The molecule has 1 aliphatic heterocycles. The van der Waals surface area contributed by atoms with Crippen molar-refractivity contribution in [1.29, 1.82) is 0 Å². The molecule has 3 nitrogen and oxygen atoms in total. The van der Waals surface area contributed by atoms with Crippen molar-refractivity contribution in [2.24, 2.45) is 0 Å². The van der Waals surface area contributed by atoms with Crippen molar-refractivity contribution in [1.82, 2.24) is 15.1 Å². The zero-order chi connectivity index (χ0) is 13.2. The van der Waals surface area contributed by atoms with Crippen LogP contribution < -0.4 is 5.32 Å². The number of hydrogen-bond acceptors (Lipinski definition) is 2. The van der Waals surface area contributed by atoms with Crippen molar-refractivity contribution < 1.29 is 4.39 Å². The molecule has 0 saturated carbocycles. The second-order valence-corrected chi connectivity index (χ2v) is 4.85. The van der Waals surface area contributed by atoms with E-state index in [0.29, 0.717) is 0 Å². The Morgan fingerprint density at radius 3 is 2.68 bits per heavy atom. The van der Waals surface area contributed by atoms with E-state index in [1.807, 2.05) is 16.8 Å². The number of aromatic nitrogens is 2. The minimum absolute atomic E-state index is 0.195. The Labute approximate surface area is 112 Å². The maximum absolute atomic E-state index is 13.1. The minimum atomic E-state index is -0.195. The maximum atomic E-state index is 13.1. The fourth-order valence-electron chi connectivity index (χ4n) is 2.72. The number of aryl methyl sites for hydroxylation is 1. The van der Waals surface area contributed by atoms with Crippen LogP contribution in [0.3, 0.4) is 0 Å². The van der Waals surface area contributed by atoms with E-state index in [0.717, 1.165) is 43.7 Å². The largest absolute Gasteiger partial charge is 0.316 e. The fourth-order valence-corrected chi connectivity index (χ4v) is 2.72. The zero-order valence-corrected chi connectivity index (χ0v) is 11.1. The lowest BCUT2D eigenvalue weighted by atomic mass is 10.0. The predicted octanol–water partition coefficient (Wildman–Crippen LogP) is 2.40. The van der Waals surface area contributed by atoms with Crippen LogP contribution in [0.2, 0.25) is 0 Å². The van der Waals surface area contributed by atoms with Gasteiger partial charge in [0.1, 0.15) is 5.82 Å². The number of nitrogens with zero attached hydrogens (tertiary/aromatic N) is 2. The second kappa shape index (κ2) is 5.13. The molecule has 1 aromatic heterocycles. The second-order valence-electron chi connectivity index (χ2n) is 4.85. The summed E-state index contributed by atoms with van der Waals surface area (Å²) in [6.07, 6.45) is 1.96. The molecular weight excluding hydrogens is 241 g/mol. The van der Waals surface area contributed by atoms with Crippen molar-refractivity contribution in [3.63, 3.8) is 0 Å². The molecule has 100 valence electrons. The number of benzene rings is 1. The number of halogens is 1. The molecule has 2 heterocycles. The highest BCUT2D eigenvalue weighted by Crippen LogP contribution is 2.28. The molecule has 0 atom stereocenters. The molecule has 0 aliphatic carbocycles. The lowest BCUT2D eigenvalue weighted by molar-refractivity contribution is 0.626. The van der Waals surface area contributed by atoms with Crippen LogP contribution >= 0.6 is 0 Å². The number of rotatable bonds is 2. The molecule has 19 heavy (non-hydrogen) atoms. The molecule has 4 heteroatoms. The standard InChI is InChI=1S/C15H18FN3/c1-2-19-15(11-3-5-12(16)6-4-11)13-7-9-17-10-8-14(13)18-19/h3-6,17H,2,7-10H2,1H3. The van der Waals surface area contributed by atoms with Crippen LogP contribution in [0.15, 0.2) is 24.3 Å². The number of fused-ring (bicyclic) bond motifs is 1. The number of nitrogens with one attached hydrogen (secondary N) is 1. The van der Waals surface area contributed by atoms with Crippen molar-refractivity contribution >= 4 is 0 Å². The summed E-state index contributed by atoms with van der Waals surface area (Å²) >= 11 is 0. The monoisotopic (exact) mass is 259 g/mol. The van der Waals surface area contributed by atoms with Gasteiger partial charge in [-0.15, -0.1) is 0 Å². The van der Waals surface area contributed by atoms with Crippen LogP contribution in [0.25, 0.3) is 11.3 Å². The van der Waals surface area contributed by atoms with E-state index in [4.69, 9.17) is 5.10 Å². The van der Waals surface area contributed by atoms with E-state index in [9.17, 15) is 4.39 Å². The Bertz CT molecular complexity index is 572. The van der Waals surface area contributed by atoms with Gasteiger partial charge in [0.25, 0.3) is 0 Å². The minimum Gasteiger partial charge on any atom is -0.316 e. The average Bonchev–Trinajstić information content (AvgIpc) is 2.62. The summed E-state index contributed by atoms with van der Waals surface area (Å²) in [7, 11) is 0. The van der Waals surface area contributed by atoms with Crippen molar-refractivity contribution in [2.45, 2.75) is 26.3 Å². The Kier molecular flexibility index (Phi) is 3.34. The highest BCUT2D eigenvalue weighted by atomic mass is 19.1. The van der Waals surface area contributed by atoms with Gasteiger partial charge >= 0.3 is 0 Å². The fraction of sp³-hybridized carbons (Fsp3) is 0.400. The van der Waals surface area contributed by atoms with Crippen molar-refractivity contribution in [2.75, 3.05) is 13.1 Å². The first-order chi connectivity index (χ1) is 9.29. The van der Waals surface area contributed by atoms with Gasteiger partial charge in [-0.25, -0.2) is 4.39 Å². The zero-order valence-electron chi connectivity index (χ0n) is 11.1. The first-order valence-electron chi connectivity index (χ1n) is 6.85. The topological polar surface area (TPSA) is 29.9 Å². The van der Waals surface area contributed by atoms with E-state index in [1.54, 1.807) is 0 Å². The highest BCUT2D eigenvalue weighted by molar-refractivity contribution is 5.65. The maximum Gasteiger partial charge on any atom is 0.123 e. The third kappa shape index (κ3) is 2.28. The van der Waals surface area contributed by atoms with Gasteiger partial charge in [0.2, 0.25) is 0 Å². The molecule has 3 rings (SSSR count). The van der Waals surface area contributed by atoms with E-state index >= 15 is 0 Å². The summed E-state index contributed by atoms with van der Waals surface area (Å²) in [6.45, 7) is 4.90. The Morgan fingerprint density at radius 1 is 1.21 bits per heavy atom. The summed E-state index contributed by atoms with van der Waals surface area (Å²) in [4.78, 5) is 0. The van der Waals surface area contributed by atoms with Crippen LogP contribution in [0.5, 0.6) is 0 Å². The first kappa shape index (κ1) is 12.4. The van der Waals surface area contributed by atoms with E-state index in [1.165, 1.54) is 23.4 Å². The van der Waals surface area contributed by atoms with E-state index < -0.39 is 0 Å². The van der Waals surface area contributed by atoms with Gasteiger partial charge in [-0.1, -0.05) is 0 Å². The highest BCUT2D eigenvalue weighted by Gasteiger charge is 2.19. The van der Waals surface area contributed by atoms with Gasteiger partial charge in [0.15, 0.2) is 0 Å². The summed E-state index contributed by atoms with van der Waals surface area (Å²) in [5, 5.41) is 8.11. The summed E-state index contributed by atoms with van der Waals surface area (Å²) in [6, 6.07) is 6.72. The molecule has 1 N–H and O–H groups in total. The van der Waals surface area contributed by atoms with Gasteiger partial charge in [-0.2, -0.15) is 5.10 Å². The summed E-state index contributed by atoms with van der Waals surface area (Å²) in [5.74, 6) is -0.195. The molecule has 0 amide bonds. The van der Waals surface area contributed by atoms with E-state index in [-0.39, 0.29) is 5.82 Å². The van der Waals surface area contributed by atoms with E-state index in [2.05, 4.69) is 12.2 Å². The van der Waals surface area contributed by atoms with Crippen LogP contribution in [-0.2, 0) is 19.4 Å². The van der Waals surface area contributed by atoms with Crippen LogP contribution in [0.4, 0.5) is 4.39 Å². The Morgan fingerprint density at radius 2 is 1.95 bits per heavy atom. The molecule has 0 spiro atoms. The van der Waals surface area contributed by atoms with Gasteiger partial charge in [-0.05, 0) is 44.2 Å². The average molecular weight is 259 g/mol. The normalized spacial score (nSPS) is 15.1. The molecule has 1 aliphatic rings. The van der Waals surface area contributed by atoms with Gasteiger partial charge < -0.3 is 5.32 Å². The van der Waals surface area contributed by atoms with Gasteiger partial charge in [0.05, 0.1) is 11.4 Å². The summed E-state index contributed by atoms with van der Waals surface area (Å²) < 4.78 is 15.1. The lowest BCUT2D eigenvalue weighted by Crippen LogP contribution is -2.17. The molecule has 0 saturated heterocycles. The van der Waals surface area contributed by atoms with Crippen LogP contribution in [0, 0.1) is 5.82 Å². The Balaban J connectivity index is 2.13. The molecule has 0 unspecified atom stereocenters. The smallest absolute Gasteiger partial charge is 0.123 e. The van der Waals surface area contributed by atoms with Crippen LogP contribution in [-0.4, -0.2) is 22.9 Å². The Hall–Kier alpha value is -1.68. The molecule has 2 aromatic rings. The third-order valence-corrected chi connectivity index (χ3v) is 3.64. The first-order valence-corrected chi connectivity index (χ1v) is 6.85. The molecule has 0 bridgehead atoms. The summed E-state index contributed by atoms with van der Waals surface area (Å²) in [5.41, 5.74) is 4.71. The van der Waals surface area contributed by atoms with Gasteiger partial charge in [0, 0.05) is 30.6 Å². The molecule has 0 fully saturated rings. The third-order valence-electron chi connectivity index (χ3n) is 3.64. The molecule has 1 aromatic carbocycles. The van der Waals surface area contributed by atoms with Crippen molar-refractivity contribution in [3.8, 4) is 11.3 Å². The van der Waals surface area contributed by atoms with Crippen LogP contribution in [0.1, 0.15) is 18.2 Å². The van der Waals surface area contributed by atoms with Crippen molar-refractivity contribution in [3.05, 3.63) is 41.3 Å².